The molecule has 38 heavy (non-hydrogen) atoms. The van der Waals surface area contributed by atoms with Crippen LogP contribution < -0.4 is 10.2 Å². The number of nitrogens with one attached hydrogen (secondary N) is 1. The van der Waals surface area contributed by atoms with Crippen molar-refractivity contribution in [2.75, 3.05) is 37.6 Å². The summed E-state index contributed by atoms with van der Waals surface area (Å²) in [5, 5.41) is 3.67. The molecule has 1 N–H and O–H groups in total. The Labute approximate surface area is 221 Å². The first-order chi connectivity index (χ1) is 18.0. The third-order valence-corrected chi connectivity index (χ3v) is 6.64. The summed E-state index contributed by atoms with van der Waals surface area (Å²) < 4.78 is 37.5. The van der Waals surface area contributed by atoms with Crippen molar-refractivity contribution in [1.29, 1.82) is 0 Å². The number of amides is 2. The molecule has 2 aromatic heterocycles. The van der Waals surface area contributed by atoms with E-state index in [-0.39, 0.29) is 23.7 Å². The molecule has 0 unspecified atom stereocenters. The van der Waals surface area contributed by atoms with Crippen LogP contribution in [0.3, 0.4) is 0 Å². The Hall–Kier alpha value is -3.69. The largest absolute Gasteiger partial charge is 0.444 e. The minimum absolute atomic E-state index is 0.136. The fourth-order valence-electron chi connectivity index (χ4n) is 4.54. The van der Waals surface area contributed by atoms with Crippen LogP contribution in [-0.2, 0) is 11.3 Å². The highest BCUT2D eigenvalue weighted by molar-refractivity contribution is 5.97. The van der Waals surface area contributed by atoms with E-state index in [4.69, 9.17) is 4.74 Å². The molecule has 3 heterocycles. The van der Waals surface area contributed by atoms with E-state index >= 15 is 8.78 Å². The summed E-state index contributed by atoms with van der Waals surface area (Å²) in [7, 11) is 0. The van der Waals surface area contributed by atoms with Crippen molar-refractivity contribution in [3.8, 4) is 0 Å². The Balaban J connectivity index is 1.37. The zero-order valence-electron chi connectivity index (χ0n) is 22.6. The number of hydrogen-bond acceptors (Lipinski definition) is 5. The number of carbonyl (C=O) groups excluding carboxylic acids is 2. The van der Waals surface area contributed by atoms with Gasteiger partial charge in [0, 0.05) is 69.0 Å². The van der Waals surface area contributed by atoms with Gasteiger partial charge in [0.05, 0.1) is 11.3 Å². The molecular weight excluding hydrogens is 492 g/mol. The number of piperazine rings is 1. The summed E-state index contributed by atoms with van der Waals surface area (Å²) in [4.78, 5) is 32.7. The molecule has 1 saturated heterocycles. The lowest BCUT2D eigenvalue weighted by molar-refractivity contribution is 0.0240. The van der Waals surface area contributed by atoms with E-state index in [1.165, 1.54) is 18.3 Å². The van der Waals surface area contributed by atoms with Crippen LogP contribution in [0.5, 0.6) is 0 Å². The van der Waals surface area contributed by atoms with Crippen LogP contribution in [0.2, 0.25) is 0 Å². The SMILES string of the molecule is CCn1ccc2cc(C(=O)NC[C@H](C)c3cc(F)c(N4CCN(C(=O)OC(C)(C)C)CC4)cc3F)cnc21. The number of halogens is 2. The smallest absolute Gasteiger partial charge is 0.410 e. The topological polar surface area (TPSA) is 79.7 Å². The Morgan fingerprint density at radius 1 is 1.11 bits per heavy atom. The molecule has 8 nitrogen and oxygen atoms in total. The van der Waals surface area contributed by atoms with Crippen molar-refractivity contribution < 1.29 is 23.1 Å². The normalized spacial score (nSPS) is 15.0. The maximum absolute atomic E-state index is 15.1. The van der Waals surface area contributed by atoms with Crippen LogP contribution in [0, 0.1) is 11.6 Å². The van der Waals surface area contributed by atoms with Crippen molar-refractivity contribution in [3.63, 3.8) is 0 Å². The summed E-state index contributed by atoms with van der Waals surface area (Å²) in [5.41, 5.74) is 0.964. The first-order valence-electron chi connectivity index (χ1n) is 12.9. The van der Waals surface area contributed by atoms with Gasteiger partial charge in [-0.15, -0.1) is 0 Å². The van der Waals surface area contributed by atoms with E-state index in [0.29, 0.717) is 31.7 Å². The number of nitrogens with zero attached hydrogens (tertiary/aromatic N) is 4. The fourth-order valence-corrected chi connectivity index (χ4v) is 4.54. The van der Waals surface area contributed by atoms with Crippen LogP contribution >= 0.6 is 0 Å². The Morgan fingerprint density at radius 2 is 1.82 bits per heavy atom. The molecule has 1 aliphatic rings. The van der Waals surface area contributed by atoms with Gasteiger partial charge >= 0.3 is 6.09 Å². The van der Waals surface area contributed by atoms with Crippen LogP contribution in [-0.4, -0.2) is 64.8 Å². The number of rotatable bonds is 6. The monoisotopic (exact) mass is 527 g/mol. The zero-order valence-corrected chi connectivity index (χ0v) is 22.6. The third-order valence-electron chi connectivity index (χ3n) is 6.64. The van der Waals surface area contributed by atoms with E-state index in [9.17, 15) is 9.59 Å². The van der Waals surface area contributed by atoms with Crippen molar-refractivity contribution in [2.45, 2.75) is 52.7 Å². The average molecular weight is 528 g/mol. The molecule has 1 aliphatic heterocycles. The summed E-state index contributed by atoms with van der Waals surface area (Å²) >= 11 is 0. The lowest BCUT2D eigenvalue weighted by Gasteiger charge is -2.37. The van der Waals surface area contributed by atoms with Gasteiger partial charge in [0.2, 0.25) is 0 Å². The van der Waals surface area contributed by atoms with Gasteiger partial charge in [-0.05, 0) is 51.5 Å². The predicted octanol–water partition coefficient (Wildman–Crippen LogP) is 4.93. The second kappa shape index (κ2) is 11.0. The minimum Gasteiger partial charge on any atom is -0.444 e. The number of aryl methyl sites for hydroxylation is 1. The Morgan fingerprint density at radius 3 is 2.47 bits per heavy atom. The van der Waals surface area contributed by atoms with E-state index < -0.39 is 29.2 Å². The maximum Gasteiger partial charge on any atom is 0.410 e. The predicted molar refractivity (Wildman–Crippen MR) is 143 cm³/mol. The lowest BCUT2D eigenvalue weighted by atomic mass is 9.99. The molecule has 0 aliphatic carbocycles. The highest BCUT2D eigenvalue weighted by atomic mass is 19.1. The van der Waals surface area contributed by atoms with Gasteiger partial charge in [-0.25, -0.2) is 18.6 Å². The Kier molecular flexibility index (Phi) is 7.89. The summed E-state index contributed by atoms with van der Waals surface area (Å²) in [5.74, 6) is -1.86. The quantitative estimate of drug-likeness (QED) is 0.492. The molecule has 1 atom stereocenters. The summed E-state index contributed by atoms with van der Waals surface area (Å²) in [6.07, 6.45) is 3.03. The van der Waals surface area contributed by atoms with Gasteiger partial charge in [-0.1, -0.05) is 6.92 Å². The van der Waals surface area contributed by atoms with Crippen LogP contribution in [0.1, 0.15) is 56.5 Å². The molecule has 1 fully saturated rings. The van der Waals surface area contributed by atoms with Gasteiger partial charge in [0.1, 0.15) is 22.9 Å². The number of aromatic nitrogens is 2. The van der Waals surface area contributed by atoms with Crippen LogP contribution in [0.25, 0.3) is 11.0 Å². The second-order valence-corrected chi connectivity index (χ2v) is 10.6. The van der Waals surface area contributed by atoms with E-state index in [2.05, 4.69) is 10.3 Å². The van der Waals surface area contributed by atoms with Crippen molar-refractivity contribution in [2.24, 2.45) is 0 Å². The number of benzene rings is 1. The van der Waals surface area contributed by atoms with Crippen LogP contribution in [0.4, 0.5) is 19.3 Å². The molecule has 0 bridgehead atoms. The van der Waals surface area contributed by atoms with Gasteiger partial charge in [-0.3, -0.25) is 4.79 Å². The number of pyridine rings is 1. The molecule has 0 spiro atoms. The zero-order chi connectivity index (χ0) is 27.6. The van der Waals surface area contributed by atoms with Gasteiger partial charge in [0.25, 0.3) is 5.91 Å². The van der Waals surface area contributed by atoms with Crippen molar-refractivity contribution in [1.82, 2.24) is 19.8 Å². The van der Waals surface area contributed by atoms with E-state index in [1.807, 2.05) is 23.8 Å². The van der Waals surface area contributed by atoms with Gasteiger partial charge in [-0.2, -0.15) is 0 Å². The second-order valence-electron chi connectivity index (χ2n) is 10.6. The molecule has 4 rings (SSSR count). The van der Waals surface area contributed by atoms with E-state index in [1.54, 1.807) is 43.6 Å². The van der Waals surface area contributed by atoms with Gasteiger partial charge < -0.3 is 24.4 Å². The lowest BCUT2D eigenvalue weighted by Crippen LogP contribution is -2.50. The summed E-state index contributed by atoms with van der Waals surface area (Å²) in [6, 6.07) is 6.07. The first-order valence-corrected chi connectivity index (χ1v) is 12.9. The average Bonchev–Trinajstić information content (AvgIpc) is 3.29. The molecule has 10 heteroatoms. The van der Waals surface area contributed by atoms with Crippen molar-refractivity contribution in [3.05, 3.63) is 59.4 Å². The van der Waals surface area contributed by atoms with Crippen LogP contribution in [0.15, 0.2) is 36.7 Å². The molecule has 1 aromatic carbocycles. The fraction of sp³-hybridized carbons (Fsp3) is 0.464. The number of fused-ring (bicyclic) bond motifs is 1. The molecule has 0 radical (unpaired) electrons. The molecular formula is C28H35F2N5O3. The highest BCUT2D eigenvalue weighted by Crippen LogP contribution is 2.28. The number of hydrogen-bond donors (Lipinski definition) is 1. The molecule has 0 saturated carbocycles. The Bertz CT molecular complexity index is 1330. The minimum atomic E-state index is -0.596. The first kappa shape index (κ1) is 27.3. The number of carbonyl (C=O) groups is 2. The van der Waals surface area contributed by atoms with Crippen molar-refractivity contribution >= 4 is 28.7 Å². The van der Waals surface area contributed by atoms with E-state index in [0.717, 1.165) is 17.6 Å². The standard InChI is InChI=1S/C28H35F2N5O3/c1-6-33-8-7-19-13-20(17-31-25(19)33)26(36)32-16-18(2)21-14-23(30)24(15-22(21)29)34-9-11-35(12-10-34)27(37)38-28(3,4)5/h7-8,13-15,17-18H,6,9-12,16H2,1-5H3,(H,32,36)/t18-/m0/s1. The number of ether oxygens (including phenoxy) is 1. The highest BCUT2D eigenvalue weighted by Gasteiger charge is 2.28. The molecule has 204 valence electrons. The summed E-state index contributed by atoms with van der Waals surface area (Å²) in [6.45, 7) is 11.5. The number of anilines is 1. The van der Waals surface area contributed by atoms with Gasteiger partial charge in [0.15, 0.2) is 0 Å². The maximum atomic E-state index is 15.1. The molecule has 3 aromatic rings. The third kappa shape index (κ3) is 6.06. The molecule has 2 amide bonds.